The zero-order valence-electron chi connectivity index (χ0n) is 13.2. The van der Waals surface area contributed by atoms with E-state index in [1.54, 1.807) is 16.5 Å². The van der Waals surface area contributed by atoms with Crippen molar-refractivity contribution in [3.8, 4) is 0 Å². The Morgan fingerprint density at radius 3 is 2.52 bits per heavy atom. The second-order valence-electron chi connectivity index (χ2n) is 5.60. The Bertz CT molecular complexity index is 817. The van der Waals surface area contributed by atoms with Crippen molar-refractivity contribution in [2.75, 3.05) is 18.4 Å². The van der Waals surface area contributed by atoms with Crippen molar-refractivity contribution in [3.63, 3.8) is 0 Å². The molecule has 1 aromatic heterocycles. The Kier molecular flexibility index (Phi) is 5.30. The molecular weight excluding hydrogens is 367 g/mol. The largest absolute Gasteiger partial charge is 0.324 e. The van der Waals surface area contributed by atoms with Gasteiger partial charge in [0.05, 0.1) is 4.90 Å². The second kappa shape index (κ2) is 7.46. The number of amides is 2. The number of hydrogen-bond acceptors (Lipinski definition) is 5. The van der Waals surface area contributed by atoms with Crippen LogP contribution in [-0.4, -0.2) is 43.5 Å². The summed E-state index contributed by atoms with van der Waals surface area (Å²) >= 11 is 1.33. The number of urea groups is 1. The monoisotopic (exact) mass is 384 g/mol. The molecule has 7 nitrogen and oxygen atoms in total. The summed E-state index contributed by atoms with van der Waals surface area (Å²) in [4.78, 5) is 17.8. The summed E-state index contributed by atoms with van der Waals surface area (Å²) in [6, 6.07) is 4.18. The van der Waals surface area contributed by atoms with Crippen LogP contribution >= 0.6 is 11.3 Å². The van der Waals surface area contributed by atoms with Gasteiger partial charge >= 0.3 is 6.03 Å². The molecular formula is C15H17FN4O3S2. The van der Waals surface area contributed by atoms with Gasteiger partial charge in [0, 0.05) is 30.7 Å². The number of nitrogens with zero attached hydrogens (tertiary/aromatic N) is 2. The highest BCUT2D eigenvalue weighted by Crippen LogP contribution is 2.17. The van der Waals surface area contributed by atoms with Gasteiger partial charge in [-0.2, -0.15) is 0 Å². The molecule has 0 unspecified atom stereocenters. The summed E-state index contributed by atoms with van der Waals surface area (Å²) in [5.41, 5.74) is 0. The number of hydrogen-bond donors (Lipinski definition) is 2. The van der Waals surface area contributed by atoms with Crippen LogP contribution in [0.5, 0.6) is 0 Å². The molecule has 1 saturated heterocycles. The number of benzene rings is 1. The number of rotatable bonds is 4. The van der Waals surface area contributed by atoms with E-state index < -0.39 is 15.8 Å². The number of nitrogens with one attached hydrogen (secondary N) is 2. The van der Waals surface area contributed by atoms with Gasteiger partial charge in [0.15, 0.2) is 5.13 Å². The van der Waals surface area contributed by atoms with Gasteiger partial charge in [-0.05, 0) is 37.1 Å². The molecule has 1 aliphatic heterocycles. The maximum Gasteiger partial charge on any atom is 0.323 e. The Morgan fingerprint density at radius 2 is 1.92 bits per heavy atom. The van der Waals surface area contributed by atoms with Crippen molar-refractivity contribution >= 4 is 32.5 Å². The van der Waals surface area contributed by atoms with Crippen molar-refractivity contribution in [3.05, 3.63) is 41.7 Å². The first-order valence-electron chi connectivity index (χ1n) is 7.67. The van der Waals surface area contributed by atoms with Crippen LogP contribution < -0.4 is 10.0 Å². The lowest BCUT2D eigenvalue weighted by Crippen LogP contribution is -2.47. The highest BCUT2D eigenvalue weighted by Gasteiger charge is 2.27. The first-order chi connectivity index (χ1) is 11.9. The summed E-state index contributed by atoms with van der Waals surface area (Å²) in [5, 5.41) is 5.01. The number of halogens is 1. The van der Waals surface area contributed by atoms with Gasteiger partial charge in [0.1, 0.15) is 5.82 Å². The molecule has 3 rings (SSSR count). The van der Waals surface area contributed by atoms with E-state index in [-0.39, 0.29) is 17.0 Å². The van der Waals surface area contributed by atoms with Gasteiger partial charge in [-0.3, -0.25) is 5.32 Å². The van der Waals surface area contributed by atoms with Gasteiger partial charge in [0.2, 0.25) is 10.0 Å². The van der Waals surface area contributed by atoms with Crippen LogP contribution in [0.1, 0.15) is 12.8 Å². The van der Waals surface area contributed by atoms with Crippen LogP contribution in [-0.2, 0) is 10.0 Å². The predicted molar refractivity (Wildman–Crippen MR) is 92.4 cm³/mol. The van der Waals surface area contributed by atoms with E-state index in [0.29, 0.717) is 31.1 Å². The lowest BCUT2D eigenvalue weighted by atomic mass is 10.1. The lowest BCUT2D eigenvalue weighted by Gasteiger charge is -2.32. The van der Waals surface area contributed by atoms with Crippen molar-refractivity contribution in [1.82, 2.24) is 14.6 Å². The van der Waals surface area contributed by atoms with Gasteiger partial charge in [-0.25, -0.2) is 27.3 Å². The number of carbonyl (C=O) groups excluding carboxylic acids is 1. The molecule has 2 aromatic rings. The normalized spacial score (nSPS) is 16.0. The van der Waals surface area contributed by atoms with Gasteiger partial charge in [-0.15, -0.1) is 11.3 Å². The lowest BCUT2D eigenvalue weighted by molar-refractivity contribution is 0.193. The van der Waals surface area contributed by atoms with E-state index in [1.165, 1.54) is 23.5 Å². The van der Waals surface area contributed by atoms with Crippen molar-refractivity contribution in [2.45, 2.75) is 23.8 Å². The molecule has 0 radical (unpaired) electrons. The third kappa shape index (κ3) is 4.53. The fraction of sp³-hybridized carbons (Fsp3) is 0.333. The van der Waals surface area contributed by atoms with Crippen LogP contribution in [0.25, 0.3) is 0 Å². The van der Waals surface area contributed by atoms with Crippen LogP contribution in [0.2, 0.25) is 0 Å². The van der Waals surface area contributed by atoms with Crippen LogP contribution in [0.3, 0.4) is 0 Å². The number of sulfonamides is 1. The van der Waals surface area contributed by atoms with E-state index in [2.05, 4.69) is 15.0 Å². The fourth-order valence-electron chi connectivity index (χ4n) is 2.56. The predicted octanol–water partition coefficient (Wildman–Crippen LogP) is 2.26. The minimum absolute atomic E-state index is 0.0258. The molecule has 134 valence electrons. The SMILES string of the molecule is O=C(Nc1nccs1)N1CCC(NS(=O)(=O)c2ccc(F)cc2)CC1. The minimum atomic E-state index is -3.70. The Hall–Kier alpha value is -2.04. The molecule has 0 aliphatic carbocycles. The van der Waals surface area contributed by atoms with E-state index in [4.69, 9.17) is 0 Å². The van der Waals surface area contributed by atoms with E-state index in [1.807, 2.05) is 0 Å². The first kappa shape index (κ1) is 17.8. The highest BCUT2D eigenvalue weighted by atomic mass is 32.2. The Balaban J connectivity index is 1.53. The molecule has 2 heterocycles. The van der Waals surface area contributed by atoms with Gasteiger partial charge in [0.25, 0.3) is 0 Å². The third-order valence-electron chi connectivity index (χ3n) is 3.87. The summed E-state index contributed by atoms with van der Waals surface area (Å²) in [5.74, 6) is -0.487. The number of piperidine rings is 1. The molecule has 1 aromatic carbocycles. The average molecular weight is 384 g/mol. The molecule has 0 spiro atoms. The van der Waals surface area contributed by atoms with Crippen LogP contribution in [0.4, 0.5) is 14.3 Å². The maximum atomic E-state index is 12.9. The zero-order valence-corrected chi connectivity index (χ0v) is 14.8. The molecule has 2 amide bonds. The minimum Gasteiger partial charge on any atom is -0.324 e. The molecule has 2 N–H and O–H groups in total. The molecule has 0 atom stereocenters. The fourth-order valence-corrected chi connectivity index (χ4v) is 4.38. The van der Waals surface area contributed by atoms with Gasteiger partial charge in [-0.1, -0.05) is 0 Å². The maximum absolute atomic E-state index is 12.9. The summed E-state index contributed by atoms with van der Waals surface area (Å²) < 4.78 is 40.2. The van der Waals surface area contributed by atoms with Crippen molar-refractivity contribution in [1.29, 1.82) is 0 Å². The number of aromatic nitrogens is 1. The van der Waals surface area contributed by atoms with Crippen molar-refractivity contribution < 1.29 is 17.6 Å². The standard InChI is InChI=1S/C15H17FN4O3S2/c16-11-1-3-13(4-2-11)25(22,23)19-12-5-8-20(9-6-12)15(21)18-14-17-7-10-24-14/h1-4,7,10,12,19H,5-6,8-9H2,(H,17,18,21). The zero-order chi connectivity index (χ0) is 17.9. The number of likely N-dealkylation sites (tertiary alicyclic amines) is 1. The summed E-state index contributed by atoms with van der Waals surface area (Å²) in [7, 11) is -3.70. The topological polar surface area (TPSA) is 91.4 Å². The smallest absolute Gasteiger partial charge is 0.323 e. The van der Waals surface area contributed by atoms with E-state index >= 15 is 0 Å². The molecule has 0 saturated carbocycles. The Labute approximate surface area is 148 Å². The molecule has 25 heavy (non-hydrogen) atoms. The van der Waals surface area contributed by atoms with Crippen LogP contribution in [0, 0.1) is 5.82 Å². The highest BCUT2D eigenvalue weighted by molar-refractivity contribution is 7.89. The van der Waals surface area contributed by atoms with E-state index in [9.17, 15) is 17.6 Å². The second-order valence-corrected chi connectivity index (χ2v) is 8.21. The molecule has 0 bridgehead atoms. The number of anilines is 1. The summed E-state index contributed by atoms with van der Waals surface area (Å²) in [6.07, 6.45) is 2.62. The first-order valence-corrected chi connectivity index (χ1v) is 10.0. The molecule has 1 aliphatic rings. The summed E-state index contributed by atoms with van der Waals surface area (Å²) in [6.45, 7) is 0.877. The average Bonchev–Trinajstić information content (AvgIpc) is 3.08. The Morgan fingerprint density at radius 1 is 1.24 bits per heavy atom. The molecule has 10 heteroatoms. The third-order valence-corrected chi connectivity index (χ3v) is 6.10. The molecule has 1 fully saturated rings. The quantitative estimate of drug-likeness (QED) is 0.846. The number of thiazole rings is 1. The van der Waals surface area contributed by atoms with Crippen molar-refractivity contribution in [2.24, 2.45) is 0 Å². The van der Waals surface area contributed by atoms with E-state index in [0.717, 1.165) is 12.1 Å². The van der Waals surface area contributed by atoms with Gasteiger partial charge < -0.3 is 4.90 Å². The van der Waals surface area contributed by atoms with Crippen LogP contribution in [0.15, 0.2) is 40.7 Å². The number of carbonyl (C=O) groups is 1.